The Kier molecular flexibility index (Phi) is 30.0. The minimum atomic E-state index is 0.266. The van der Waals surface area contributed by atoms with Gasteiger partial charge in [0.05, 0.1) is 6.10 Å². The van der Waals surface area contributed by atoms with E-state index in [1.807, 2.05) is 0 Å². The van der Waals surface area contributed by atoms with Gasteiger partial charge in [-0.1, -0.05) is 391 Å². The lowest BCUT2D eigenvalue weighted by Gasteiger charge is -2.30. The molecule has 1 heteroatoms. The largest absolute Gasteiger partial charge is 0.490 e. The topological polar surface area (TPSA) is 9.23 Å². The highest BCUT2D eigenvalue weighted by molar-refractivity contribution is 6.61. The smallest absolute Gasteiger partial charge is 0.120 e. The van der Waals surface area contributed by atoms with E-state index in [4.69, 9.17) is 4.74 Å². The van der Waals surface area contributed by atoms with Crippen LogP contribution in [-0.4, -0.2) is 6.10 Å². The Labute approximate surface area is 662 Å². The van der Waals surface area contributed by atoms with Crippen LogP contribution in [0.25, 0.3) is 129 Å². The van der Waals surface area contributed by atoms with Crippen LogP contribution in [0.2, 0.25) is 0 Å². The van der Waals surface area contributed by atoms with Gasteiger partial charge in [0.2, 0.25) is 0 Å². The first-order valence-electron chi connectivity index (χ1n) is 48.0. The summed E-state index contributed by atoms with van der Waals surface area (Å²) in [6, 6.07) is 33.1. The average molecular weight is 1460 g/mol. The Morgan fingerprint density at radius 2 is 0.339 bits per heavy atom. The van der Waals surface area contributed by atoms with Crippen LogP contribution in [0.15, 0.2) is 72.8 Å². The first-order chi connectivity index (χ1) is 54.0. The molecule has 1 aliphatic rings. The van der Waals surface area contributed by atoms with E-state index in [-0.39, 0.29) is 6.10 Å². The first kappa shape index (κ1) is 80.0. The van der Waals surface area contributed by atoms with Gasteiger partial charge in [0.1, 0.15) is 5.75 Å². The Balaban J connectivity index is 0.980. The molecule has 1 aliphatic carbocycles. The van der Waals surface area contributed by atoms with E-state index in [0.717, 1.165) is 50.7 Å². The summed E-state index contributed by atoms with van der Waals surface area (Å²) in [6.45, 7) is 11.7. The molecule has 0 radical (unpaired) electrons. The third kappa shape index (κ3) is 18.8. The van der Waals surface area contributed by atoms with E-state index in [0.29, 0.717) is 0 Å². The zero-order valence-electron chi connectivity index (χ0n) is 70.3. The van der Waals surface area contributed by atoms with E-state index < -0.39 is 0 Å². The minimum absolute atomic E-state index is 0.266. The fraction of sp³-hybridized carbons (Fsp3) is 0.611. The maximum atomic E-state index is 7.56. The predicted octanol–water partition coefficient (Wildman–Crippen LogP) is 36.2. The van der Waals surface area contributed by atoms with E-state index in [1.54, 1.807) is 97.8 Å². The minimum Gasteiger partial charge on any atom is -0.490 e. The van der Waals surface area contributed by atoms with Crippen LogP contribution >= 0.6 is 0 Å². The Bertz CT molecular complexity index is 4540. The Morgan fingerprint density at radius 1 is 0.183 bits per heavy atom. The second kappa shape index (κ2) is 40.9. The van der Waals surface area contributed by atoms with E-state index >= 15 is 0 Å². The number of hydrogen-bond donors (Lipinski definition) is 0. The zero-order valence-corrected chi connectivity index (χ0v) is 70.3. The van der Waals surface area contributed by atoms with Crippen molar-refractivity contribution in [2.45, 2.75) is 426 Å². The molecule has 14 rings (SSSR count). The maximum absolute atomic E-state index is 7.56. The molecule has 1 nitrogen and oxygen atoms in total. The SMILES string of the molecule is CCCCCCCCCCCCc1cc2c3cc(CCCCCCCCCCCC)cc4c5cc(CCCCCCCCCCCC)cc6c7cc(OC8CCCCC8)cc8c9cc(CCCCCCCCCCCC)cc%10c%11cc(CCCCCCCCCCCC)cc%12c(c1)c2c1c(c34)c(c56)c(c78)c(c%109)c1c%12%11. The molecule has 0 unspecified atom stereocenters. The van der Waals surface area contributed by atoms with Crippen molar-refractivity contribution in [3.05, 3.63) is 101 Å². The quantitative estimate of drug-likeness (QED) is 0.0210. The van der Waals surface area contributed by atoms with Gasteiger partial charge in [0.25, 0.3) is 0 Å². The summed E-state index contributed by atoms with van der Waals surface area (Å²) >= 11 is 0. The molecule has 109 heavy (non-hydrogen) atoms. The highest BCUT2D eigenvalue weighted by Crippen LogP contribution is 2.61. The number of rotatable bonds is 57. The first-order valence-corrected chi connectivity index (χ1v) is 48.0. The van der Waals surface area contributed by atoms with Crippen molar-refractivity contribution < 1.29 is 4.74 Å². The highest BCUT2D eigenvalue weighted by atomic mass is 16.5. The molecule has 0 saturated heterocycles. The summed E-state index contributed by atoms with van der Waals surface area (Å²) in [4.78, 5) is 0. The fourth-order valence-corrected chi connectivity index (χ4v) is 21.8. The summed E-state index contributed by atoms with van der Waals surface area (Å²) in [5, 5.41) is 36.8. The summed E-state index contributed by atoms with van der Waals surface area (Å²) in [5.74, 6) is 1.11. The van der Waals surface area contributed by atoms with Gasteiger partial charge in [-0.3, -0.25) is 0 Å². The average Bonchev–Trinajstić information content (AvgIpc) is 0.643. The van der Waals surface area contributed by atoms with E-state index in [9.17, 15) is 0 Å². The molecule has 0 N–H and O–H groups in total. The molecule has 0 aromatic heterocycles. The van der Waals surface area contributed by atoms with Crippen LogP contribution in [0.1, 0.15) is 416 Å². The number of fused-ring (bicyclic) bond motifs is 6. The van der Waals surface area contributed by atoms with E-state index in [1.165, 1.54) is 400 Å². The van der Waals surface area contributed by atoms with E-state index in [2.05, 4.69) is 107 Å². The van der Waals surface area contributed by atoms with Crippen LogP contribution in [0.5, 0.6) is 5.75 Å². The number of benzene rings is 13. The number of unbranched alkanes of at least 4 members (excludes halogenated alkanes) is 45. The van der Waals surface area contributed by atoms with Crippen LogP contribution in [-0.2, 0) is 32.1 Å². The van der Waals surface area contributed by atoms with Gasteiger partial charge in [-0.2, -0.15) is 0 Å². The van der Waals surface area contributed by atoms with Crippen molar-refractivity contribution in [2.24, 2.45) is 0 Å². The standard InChI is InChI=1S/C108H148O/c1-6-11-16-21-26-31-36-41-46-52-59-78-66-85-87-68-79(60-53-47-42-37-32-27-22-17-12-7-2)70-89-91-72-81(62-55-49-44-39-34-29-24-19-14-9-4)74-93-95-76-84(109-83-64-57-51-58-65-83)77-96-94-75-82(63-56-50-45-40-35-30-25-20-15-10-5)73-92-90-71-80(61-54-48-43-38-33-28-23-18-13-8-3)69-88-86(67-78)97(85)103-104(98(87)89)106(100(91)93)108(102(95)96)107(101(92)94)105(103)99(88)90/h66-77,83H,6-65H2,1-5H3. The van der Waals surface area contributed by atoms with Crippen molar-refractivity contribution in [2.75, 3.05) is 0 Å². The molecule has 0 aliphatic heterocycles. The fourth-order valence-electron chi connectivity index (χ4n) is 21.8. The second-order valence-corrected chi connectivity index (χ2v) is 36.5. The summed E-state index contributed by atoms with van der Waals surface area (Å²) < 4.78 is 7.56. The normalized spacial score (nSPS) is 13.7. The van der Waals surface area contributed by atoms with Crippen LogP contribution in [0, 0.1) is 0 Å². The Morgan fingerprint density at radius 3 is 0.514 bits per heavy atom. The van der Waals surface area contributed by atoms with Gasteiger partial charge in [-0.15, -0.1) is 0 Å². The lowest BCUT2D eigenvalue weighted by Crippen LogP contribution is -2.19. The predicted molar refractivity (Wildman–Crippen MR) is 489 cm³/mol. The van der Waals surface area contributed by atoms with Crippen molar-refractivity contribution in [3.63, 3.8) is 0 Å². The second-order valence-electron chi connectivity index (χ2n) is 36.5. The molecule has 0 spiro atoms. The maximum Gasteiger partial charge on any atom is 0.120 e. The van der Waals surface area contributed by atoms with Crippen LogP contribution < -0.4 is 4.74 Å². The lowest BCUT2D eigenvalue weighted by molar-refractivity contribution is 0.155. The molecule has 0 amide bonds. The summed E-state index contributed by atoms with van der Waals surface area (Å²) in [7, 11) is 0. The van der Waals surface area contributed by atoms with Gasteiger partial charge in [-0.25, -0.2) is 0 Å². The monoisotopic (exact) mass is 1460 g/mol. The number of ether oxygens (including phenoxy) is 1. The molecular weight excluding hydrogens is 1310 g/mol. The number of aryl methyl sites for hydroxylation is 5. The molecule has 13 aromatic rings. The molecule has 0 bridgehead atoms. The zero-order chi connectivity index (χ0) is 74.5. The van der Waals surface area contributed by atoms with Crippen molar-refractivity contribution in [1.29, 1.82) is 0 Å². The van der Waals surface area contributed by atoms with Gasteiger partial charge in [0, 0.05) is 0 Å². The van der Waals surface area contributed by atoms with Crippen molar-refractivity contribution >= 4 is 129 Å². The molecule has 586 valence electrons. The lowest BCUT2D eigenvalue weighted by atomic mass is 9.72. The van der Waals surface area contributed by atoms with Crippen LogP contribution in [0.3, 0.4) is 0 Å². The number of hydrogen-bond acceptors (Lipinski definition) is 1. The molecular formula is C108H148O. The van der Waals surface area contributed by atoms with Gasteiger partial charge >= 0.3 is 0 Å². The molecule has 13 aromatic carbocycles. The third-order valence-corrected chi connectivity index (χ3v) is 27.8. The highest BCUT2D eigenvalue weighted by Gasteiger charge is 2.33. The summed E-state index contributed by atoms with van der Waals surface area (Å²) in [5.41, 5.74) is 7.79. The molecule has 0 heterocycles. The summed E-state index contributed by atoms with van der Waals surface area (Å²) in [6.07, 6.45) is 80.7. The molecule has 1 saturated carbocycles. The van der Waals surface area contributed by atoms with Crippen LogP contribution in [0.4, 0.5) is 0 Å². The molecule has 0 atom stereocenters. The third-order valence-electron chi connectivity index (χ3n) is 27.8. The molecule has 1 fully saturated rings. The van der Waals surface area contributed by atoms with Gasteiger partial charge < -0.3 is 4.74 Å². The Hall–Kier alpha value is -5.66. The van der Waals surface area contributed by atoms with Crippen molar-refractivity contribution in [3.8, 4) is 5.75 Å². The van der Waals surface area contributed by atoms with Gasteiger partial charge in [-0.05, 0) is 259 Å². The van der Waals surface area contributed by atoms with Gasteiger partial charge in [0.15, 0.2) is 0 Å². The van der Waals surface area contributed by atoms with Crippen molar-refractivity contribution in [1.82, 2.24) is 0 Å².